The third-order valence-electron chi connectivity index (χ3n) is 3.71. The summed E-state index contributed by atoms with van der Waals surface area (Å²) >= 11 is 22.5. The standard InChI is InChI=1S/C18H11Cl2I2N3O3S2/c1-28-15-8(4-9(21)6-13(15)22)5-14-16(26)25(18(29)30-14)24-17(27)23-10-2-3-11(19)12(20)7-10/h2-7H,1H3,(H2,23,24,27)/b14-5+. The first kappa shape index (κ1) is 23.9. The Morgan fingerprint density at radius 3 is 2.63 bits per heavy atom. The molecule has 1 aliphatic rings. The summed E-state index contributed by atoms with van der Waals surface area (Å²) in [6, 6.07) is 7.86. The third-order valence-corrected chi connectivity index (χ3v) is 7.18. The highest BCUT2D eigenvalue weighted by molar-refractivity contribution is 14.1. The first-order valence-corrected chi connectivity index (χ1v) is 12.2. The number of hydrogen-bond acceptors (Lipinski definition) is 5. The number of rotatable bonds is 4. The Labute approximate surface area is 219 Å². The SMILES string of the molecule is COc1c(I)cc(I)cc1/C=C1/SC(=S)N(NC(=O)Nc2ccc(Cl)c(Cl)c2)C1=O. The summed E-state index contributed by atoms with van der Waals surface area (Å²) < 4.78 is 7.58. The maximum atomic E-state index is 12.8. The number of halogens is 4. The van der Waals surface area contributed by atoms with Gasteiger partial charge in [0.25, 0.3) is 5.91 Å². The van der Waals surface area contributed by atoms with Gasteiger partial charge in [-0.1, -0.05) is 35.0 Å². The van der Waals surface area contributed by atoms with Crippen LogP contribution in [0.15, 0.2) is 35.2 Å². The molecule has 0 spiro atoms. The fourth-order valence-corrected chi connectivity index (χ4v) is 6.02. The molecule has 0 radical (unpaired) electrons. The van der Waals surface area contributed by atoms with Gasteiger partial charge in [0.2, 0.25) is 0 Å². The van der Waals surface area contributed by atoms with Crippen molar-refractivity contribution in [3.05, 3.63) is 58.0 Å². The molecule has 0 atom stereocenters. The van der Waals surface area contributed by atoms with Gasteiger partial charge in [0.05, 0.1) is 25.6 Å². The largest absolute Gasteiger partial charge is 0.495 e. The highest BCUT2D eigenvalue weighted by atomic mass is 127. The van der Waals surface area contributed by atoms with E-state index >= 15 is 0 Å². The zero-order valence-corrected chi connectivity index (χ0v) is 22.4. The quantitative estimate of drug-likeness (QED) is 0.227. The van der Waals surface area contributed by atoms with Crippen molar-refractivity contribution in [3.63, 3.8) is 0 Å². The van der Waals surface area contributed by atoms with Crippen LogP contribution in [0.2, 0.25) is 10.0 Å². The van der Waals surface area contributed by atoms with Gasteiger partial charge in [-0.05, 0) is 93.8 Å². The summed E-state index contributed by atoms with van der Waals surface area (Å²) in [5.41, 5.74) is 3.61. The monoisotopic (exact) mass is 705 g/mol. The molecule has 1 saturated heterocycles. The van der Waals surface area contributed by atoms with E-state index in [-0.39, 0.29) is 4.32 Å². The highest BCUT2D eigenvalue weighted by Crippen LogP contribution is 2.35. The summed E-state index contributed by atoms with van der Waals surface area (Å²) in [6.45, 7) is 0. The maximum absolute atomic E-state index is 12.8. The minimum Gasteiger partial charge on any atom is -0.495 e. The van der Waals surface area contributed by atoms with E-state index in [4.69, 9.17) is 40.2 Å². The van der Waals surface area contributed by atoms with Crippen molar-refractivity contribution < 1.29 is 14.3 Å². The Bertz CT molecular complexity index is 1100. The summed E-state index contributed by atoms with van der Waals surface area (Å²) in [6.07, 6.45) is 1.70. The smallest absolute Gasteiger partial charge is 0.338 e. The molecule has 2 aromatic carbocycles. The lowest BCUT2D eigenvalue weighted by Gasteiger charge is -2.16. The highest BCUT2D eigenvalue weighted by Gasteiger charge is 2.34. The van der Waals surface area contributed by atoms with Crippen molar-refractivity contribution in [2.24, 2.45) is 0 Å². The van der Waals surface area contributed by atoms with E-state index in [0.717, 1.165) is 29.5 Å². The number of anilines is 1. The minimum atomic E-state index is -0.646. The molecule has 0 aliphatic carbocycles. The molecule has 0 saturated carbocycles. The van der Waals surface area contributed by atoms with Crippen LogP contribution in [0, 0.1) is 7.14 Å². The van der Waals surface area contributed by atoms with Crippen LogP contribution in [0.3, 0.4) is 0 Å². The van der Waals surface area contributed by atoms with E-state index in [0.29, 0.717) is 26.4 Å². The molecular weight excluding hydrogens is 695 g/mol. The van der Waals surface area contributed by atoms with Gasteiger partial charge < -0.3 is 10.1 Å². The number of ether oxygens (including phenoxy) is 1. The van der Waals surface area contributed by atoms with E-state index in [9.17, 15) is 9.59 Å². The van der Waals surface area contributed by atoms with Gasteiger partial charge in [-0.15, -0.1) is 0 Å². The molecule has 3 amide bonds. The lowest BCUT2D eigenvalue weighted by Crippen LogP contribution is -2.46. The number of hydrazine groups is 1. The number of benzene rings is 2. The number of nitrogens with zero attached hydrogens (tertiary/aromatic N) is 1. The molecule has 0 aromatic heterocycles. The van der Waals surface area contributed by atoms with Gasteiger partial charge in [-0.25, -0.2) is 10.2 Å². The zero-order valence-electron chi connectivity index (χ0n) is 15.0. The molecule has 1 heterocycles. The third kappa shape index (κ3) is 5.51. The predicted octanol–water partition coefficient (Wildman–Crippen LogP) is 6.15. The second-order valence-electron chi connectivity index (χ2n) is 5.72. The molecular formula is C18H11Cl2I2N3O3S2. The van der Waals surface area contributed by atoms with Crippen molar-refractivity contribution in [3.8, 4) is 5.75 Å². The van der Waals surface area contributed by atoms with E-state index in [1.165, 1.54) is 6.07 Å². The maximum Gasteiger partial charge on any atom is 0.338 e. The van der Waals surface area contributed by atoms with Crippen LogP contribution in [-0.4, -0.2) is 28.4 Å². The zero-order chi connectivity index (χ0) is 22.0. The molecule has 0 bridgehead atoms. The van der Waals surface area contributed by atoms with Gasteiger partial charge in [-0.3, -0.25) is 4.79 Å². The van der Waals surface area contributed by atoms with Crippen molar-refractivity contribution in [1.29, 1.82) is 0 Å². The van der Waals surface area contributed by atoms with Crippen molar-refractivity contribution in [1.82, 2.24) is 10.4 Å². The summed E-state index contributed by atoms with van der Waals surface area (Å²) in [5.74, 6) is 0.219. The van der Waals surface area contributed by atoms with Gasteiger partial charge in [0.1, 0.15) is 5.75 Å². The number of carbonyl (C=O) groups excluding carboxylic acids is 2. The molecule has 3 rings (SSSR count). The Kier molecular flexibility index (Phi) is 8.12. The number of thioether (sulfide) groups is 1. The number of urea groups is 1. The molecule has 12 heteroatoms. The van der Waals surface area contributed by atoms with Crippen LogP contribution in [0.5, 0.6) is 5.75 Å². The van der Waals surface area contributed by atoms with Crippen LogP contribution in [0.25, 0.3) is 6.08 Å². The fraction of sp³-hybridized carbons (Fsp3) is 0.0556. The fourth-order valence-electron chi connectivity index (χ4n) is 2.44. The van der Waals surface area contributed by atoms with E-state index in [1.54, 1.807) is 25.3 Å². The number of hydrogen-bond donors (Lipinski definition) is 2. The predicted molar refractivity (Wildman–Crippen MR) is 142 cm³/mol. The van der Waals surface area contributed by atoms with E-state index in [1.807, 2.05) is 12.1 Å². The van der Waals surface area contributed by atoms with Gasteiger partial charge in [0, 0.05) is 14.8 Å². The van der Waals surface area contributed by atoms with Gasteiger partial charge >= 0.3 is 6.03 Å². The van der Waals surface area contributed by atoms with Crippen LogP contribution in [0.1, 0.15) is 5.56 Å². The number of nitrogens with one attached hydrogen (secondary N) is 2. The summed E-state index contributed by atoms with van der Waals surface area (Å²) in [7, 11) is 1.57. The summed E-state index contributed by atoms with van der Waals surface area (Å²) in [4.78, 5) is 25.5. The molecule has 156 valence electrons. The number of amides is 3. The van der Waals surface area contributed by atoms with Crippen molar-refractivity contribution in [2.75, 3.05) is 12.4 Å². The molecule has 2 aromatic rings. The Morgan fingerprint density at radius 1 is 1.23 bits per heavy atom. The molecule has 6 nitrogen and oxygen atoms in total. The number of carbonyl (C=O) groups is 2. The Morgan fingerprint density at radius 2 is 1.97 bits per heavy atom. The average Bonchev–Trinajstić information content (AvgIpc) is 2.92. The molecule has 0 unspecified atom stereocenters. The second-order valence-corrected chi connectivity index (χ2v) is 10.6. The molecule has 30 heavy (non-hydrogen) atoms. The van der Waals surface area contributed by atoms with Crippen LogP contribution < -0.4 is 15.5 Å². The second kappa shape index (κ2) is 10.2. The van der Waals surface area contributed by atoms with Crippen LogP contribution in [-0.2, 0) is 4.79 Å². The normalized spacial score (nSPS) is 15.0. The first-order chi connectivity index (χ1) is 14.2. The van der Waals surface area contributed by atoms with Crippen molar-refractivity contribution in [2.45, 2.75) is 0 Å². The summed E-state index contributed by atoms with van der Waals surface area (Å²) in [5, 5.41) is 4.26. The van der Waals surface area contributed by atoms with Gasteiger partial charge in [0.15, 0.2) is 4.32 Å². The first-order valence-electron chi connectivity index (χ1n) is 8.03. The molecule has 1 aliphatic heterocycles. The van der Waals surface area contributed by atoms with E-state index in [2.05, 4.69) is 55.9 Å². The van der Waals surface area contributed by atoms with E-state index < -0.39 is 11.9 Å². The van der Waals surface area contributed by atoms with Crippen molar-refractivity contribution >= 4 is 120 Å². The minimum absolute atomic E-state index is 0.204. The Balaban J connectivity index is 1.77. The Hall–Kier alpha value is -0.800. The lowest BCUT2D eigenvalue weighted by molar-refractivity contribution is -0.123. The van der Waals surface area contributed by atoms with Crippen LogP contribution in [0.4, 0.5) is 10.5 Å². The molecule has 2 N–H and O–H groups in total. The van der Waals surface area contributed by atoms with Crippen LogP contribution >= 0.6 is 92.4 Å². The molecule has 1 fully saturated rings. The number of thiocarbonyl (C=S) groups is 1. The average molecular weight is 706 g/mol. The lowest BCUT2D eigenvalue weighted by atomic mass is 10.2. The van der Waals surface area contributed by atoms with Gasteiger partial charge in [-0.2, -0.15) is 5.01 Å². The number of methoxy groups -OCH3 is 1. The topological polar surface area (TPSA) is 70.7 Å².